The number of benzene rings is 2. The van der Waals surface area contributed by atoms with E-state index in [0.29, 0.717) is 29.5 Å². The molecule has 1 spiro atoms. The van der Waals surface area contributed by atoms with Crippen LogP contribution in [-0.4, -0.2) is 31.9 Å². The van der Waals surface area contributed by atoms with Gasteiger partial charge in [0.1, 0.15) is 17.4 Å². The van der Waals surface area contributed by atoms with Gasteiger partial charge in [0.2, 0.25) is 0 Å². The Balaban J connectivity index is 1.41. The predicted octanol–water partition coefficient (Wildman–Crippen LogP) is 4.61. The summed E-state index contributed by atoms with van der Waals surface area (Å²) < 4.78 is 38.5. The van der Waals surface area contributed by atoms with Crippen LogP contribution in [-0.2, 0) is 11.2 Å². The maximum Gasteiger partial charge on any atom is 0.147 e. The molecule has 26 heavy (non-hydrogen) atoms. The summed E-state index contributed by atoms with van der Waals surface area (Å²) in [6, 6.07) is 9.06. The van der Waals surface area contributed by atoms with Crippen LogP contribution in [0.3, 0.4) is 0 Å². The van der Waals surface area contributed by atoms with E-state index in [9.17, 15) is 8.78 Å². The van der Waals surface area contributed by atoms with Crippen LogP contribution in [0.25, 0.3) is 0 Å². The van der Waals surface area contributed by atoms with E-state index in [1.54, 1.807) is 12.1 Å². The molecule has 2 heterocycles. The number of nitrogens with zero attached hydrogens (tertiary/aromatic N) is 1. The fraction of sp³-hybridized carbons (Fsp3) is 0.400. The molecule has 2 aromatic rings. The first-order valence-electron chi connectivity index (χ1n) is 8.80. The lowest BCUT2D eigenvalue weighted by Crippen LogP contribution is -2.38. The number of hydrogen-bond donors (Lipinski definition) is 0. The van der Waals surface area contributed by atoms with Crippen LogP contribution in [0.1, 0.15) is 18.4 Å². The van der Waals surface area contributed by atoms with Crippen molar-refractivity contribution in [3.63, 3.8) is 0 Å². The summed E-state index contributed by atoms with van der Waals surface area (Å²) >= 11 is 6.21. The second kappa shape index (κ2) is 7.05. The SMILES string of the molecule is Fc1ccc(OCCc2cc(N3CCC4(CC3)CO4)c(F)cc2Cl)cc1. The molecule has 6 heteroatoms. The van der Waals surface area contributed by atoms with Gasteiger partial charge in [-0.2, -0.15) is 0 Å². The summed E-state index contributed by atoms with van der Waals surface area (Å²) in [6.45, 7) is 2.78. The van der Waals surface area contributed by atoms with Gasteiger partial charge < -0.3 is 14.4 Å². The minimum atomic E-state index is -0.302. The largest absolute Gasteiger partial charge is 0.493 e. The molecule has 2 fully saturated rings. The maximum atomic E-state index is 14.4. The van der Waals surface area contributed by atoms with Gasteiger partial charge in [0.05, 0.1) is 24.5 Å². The summed E-state index contributed by atoms with van der Waals surface area (Å²) in [4.78, 5) is 2.06. The molecule has 0 aliphatic carbocycles. The standard InChI is InChI=1S/C20H20ClF2NO2/c21-17-12-18(23)19(24-8-6-20(7-9-24)13-26-20)11-14(17)5-10-25-16-3-1-15(22)2-4-16/h1-4,11-12H,5-10,13H2. The topological polar surface area (TPSA) is 25.0 Å². The van der Waals surface area contributed by atoms with Crippen molar-refractivity contribution in [2.75, 3.05) is 31.2 Å². The van der Waals surface area contributed by atoms with Crippen molar-refractivity contribution in [1.82, 2.24) is 0 Å². The number of hydrogen-bond acceptors (Lipinski definition) is 3. The highest BCUT2D eigenvalue weighted by molar-refractivity contribution is 6.31. The zero-order chi connectivity index (χ0) is 18.1. The second-order valence-corrected chi connectivity index (χ2v) is 7.31. The molecule has 0 atom stereocenters. The third-order valence-electron chi connectivity index (χ3n) is 5.14. The second-order valence-electron chi connectivity index (χ2n) is 6.91. The van der Waals surface area contributed by atoms with E-state index in [2.05, 4.69) is 4.90 Å². The fourth-order valence-electron chi connectivity index (χ4n) is 3.37. The van der Waals surface area contributed by atoms with E-state index in [1.807, 2.05) is 6.07 Å². The zero-order valence-electron chi connectivity index (χ0n) is 14.3. The van der Waals surface area contributed by atoms with Crippen LogP contribution in [0.5, 0.6) is 5.75 Å². The van der Waals surface area contributed by atoms with Gasteiger partial charge in [-0.05, 0) is 54.8 Å². The Hall–Kier alpha value is -1.85. The lowest BCUT2D eigenvalue weighted by Gasteiger charge is -2.32. The molecule has 0 N–H and O–H groups in total. The first-order chi connectivity index (χ1) is 12.5. The molecule has 2 aromatic carbocycles. The summed E-state index contributed by atoms with van der Waals surface area (Å²) in [5.41, 5.74) is 1.49. The quantitative estimate of drug-likeness (QED) is 0.709. The van der Waals surface area contributed by atoms with Crippen LogP contribution in [0.2, 0.25) is 5.02 Å². The lowest BCUT2D eigenvalue weighted by molar-refractivity contribution is 0.258. The molecule has 3 nitrogen and oxygen atoms in total. The normalized spacial score (nSPS) is 18.2. The molecular weight excluding hydrogens is 360 g/mol. The first-order valence-corrected chi connectivity index (χ1v) is 9.18. The molecular formula is C20H20ClF2NO2. The Morgan fingerprint density at radius 2 is 1.81 bits per heavy atom. The van der Waals surface area contributed by atoms with Crippen LogP contribution in [0.4, 0.5) is 14.5 Å². The van der Waals surface area contributed by atoms with Gasteiger partial charge in [0, 0.05) is 24.5 Å². The minimum Gasteiger partial charge on any atom is -0.493 e. The zero-order valence-corrected chi connectivity index (χ0v) is 15.1. The third kappa shape index (κ3) is 3.79. The van der Waals surface area contributed by atoms with E-state index in [4.69, 9.17) is 21.1 Å². The van der Waals surface area contributed by atoms with Gasteiger partial charge in [-0.25, -0.2) is 8.78 Å². The van der Waals surface area contributed by atoms with E-state index >= 15 is 0 Å². The van der Waals surface area contributed by atoms with E-state index in [1.165, 1.54) is 18.2 Å². The third-order valence-corrected chi connectivity index (χ3v) is 5.49. The highest BCUT2D eigenvalue weighted by atomic mass is 35.5. The van der Waals surface area contributed by atoms with Crippen molar-refractivity contribution in [2.45, 2.75) is 24.9 Å². The monoisotopic (exact) mass is 379 g/mol. The summed E-state index contributed by atoms with van der Waals surface area (Å²) in [7, 11) is 0. The molecule has 0 radical (unpaired) electrons. The maximum absolute atomic E-state index is 14.4. The van der Waals surface area contributed by atoms with Crippen LogP contribution >= 0.6 is 11.6 Å². The number of anilines is 1. The fourth-order valence-corrected chi connectivity index (χ4v) is 3.62. The predicted molar refractivity (Wildman–Crippen MR) is 97.1 cm³/mol. The van der Waals surface area contributed by atoms with Crippen molar-refractivity contribution in [3.8, 4) is 5.75 Å². The molecule has 0 unspecified atom stereocenters. The molecule has 2 aliphatic heterocycles. The smallest absolute Gasteiger partial charge is 0.147 e. The highest BCUT2D eigenvalue weighted by Gasteiger charge is 2.46. The Morgan fingerprint density at radius 3 is 2.46 bits per heavy atom. The molecule has 0 aromatic heterocycles. The van der Waals surface area contributed by atoms with Crippen LogP contribution in [0, 0.1) is 11.6 Å². The molecule has 2 aliphatic rings. The van der Waals surface area contributed by atoms with Crippen LogP contribution < -0.4 is 9.64 Å². The van der Waals surface area contributed by atoms with E-state index in [0.717, 1.165) is 38.1 Å². The lowest BCUT2D eigenvalue weighted by atomic mass is 9.97. The van der Waals surface area contributed by atoms with Gasteiger partial charge in [-0.3, -0.25) is 0 Å². The molecule has 2 saturated heterocycles. The molecule has 0 amide bonds. The van der Waals surface area contributed by atoms with Crippen LogP contribution in [0.15, 0.2) is 36.4 Å². The number of rotatable bonds is 5. The van der Waals surface area contributed by atoms with Crippen molar-refractivity contribution in [3.05, 3.63) is 58.6 Å². The van der Waals surface area contributed by atoms with Gasteiger partial charge in [0.15, 0.2) is 0 Å². The molecule has 4 rings (SSSR count). The first kappa shape index (κ1) is 17.6. The average Bonchev–Trinajstić information content (AvgIpc) is 3.39. The summed E-state index contributed by atoms with van der Waals surface area (Å²) in [5.74, 6) is -0.00929. The molecule has 138 valence electrons. The van der Waals surface area contributed by atoms with Gasteiger partial charge in [-0.15, -0.1) is 0 Å². The van der Waals surface area contributed by atoms with Gasteiger partial charge in [-0.1, -0.05) is 11.6 Å². The van der Waals surface area contributed by atoms with Crippen molar-refractivity contribution >= 4 is 17.3 Å². The molecule has 0 saturated carbocycles. The van der Waals surface area contributed by atoms with E-state index in [-0.39, 0.29) is 17.2 Å². The van der Waals surface area contributed by atoms with Crippen molar-refractivity contribution in [1.29, 1.82) is 0 Å². The number of epoxide rings is 1. The van der Waals surface area contributed by atoms with Crippen molar-refractivity contribution in [2.24, 2.45) is 0 Å². The van der Waals surface area contributed by atoms with E-state index < -0.39 is 0 Å². The minimum absolute atomic E-state index is 0.0607. The number of halogens is 3. The average molecular weight is 380 g/mol. The van der Waals surface area contributed by atoms with Crippen molar-refractivity contribution < 1.29 is 18.3 Å². The Labute approximate surface area is 156 Å². The summed E-state index contributed by atoms with van der Waals surface area (Å²) in [6.07, 6.45) is 2.40. The van der Waals surface area contributed by atoms with Gasteiger partial charge >= 0.3 is 0 Å². The molecule has 0 bridgehead atoms. The Bertz CT molecular complexity index is 783. The van der Waals surface area contributed by atoms with Gasteiger partial charge in [0.25, 0.3) is 0 Å². The number of piperidine rings is 1. The Kier molecular flexibility index (Phi) is 4.76. The highest BCUT2D eigenvalue weighted by Crippen LogP contribution is 2.40. The number of ether oxygens (including phenoxy) is 2. The Morgan fingerprint density at radius 1 is 1.12 bits per heavy atom. The summed E-state index contributed by atoms with van der Waals surface area (Å²) in [5, 5.41) is 0.396.